The molecule has 0 radical (unpaired) electrons. The number of benzene rings is 2. The topological polar surface area (TPSA) is 123 Å². The molecule has 2 aromatic carbocycles. The largest absolute Gasteiger partial charge is 0.482 e. The van der Waals surface area contributed by atoms with E-state index in [2.05, 4.69) is 16.0 Å². The molecule has 0 fully saturated rings. The number of fused-ring (bicyclic) bond motifs is 1. The Balaban J connectivity index is 1.56. The molecule has 0 unspecified atom stereocenters. The summed E-state index contributed by atoms with van der Waals surface area (Å²) in [6, 6.07) is 11.0. The van der Waals surface area contributed by atoms with Crippen molar-refractivity contribution in [1.29, 1.82) is 0 Å². The summed E-state index contributed by atoms with van der Waals surface area (Å²) in [6.07, 6.45) is 0. The normalized spacial score (nSPS) is 12.1. The zero-order chi connectivity index (χ0) is 20.1. The maximum atomic E-state index is 12.1. The Morgan fingerprint density at radius 2 is 1.86 bits per heavy atom. The molecular weight excluding hydrogens is 366 g/mol. The minimum atomic E-state index is -0.718. The van der Waals surface area contributed by atoms with Crippen LogP contribution in [-0.4, -0.2) is 36.9 Å². The van der Waals surface area contributed by atoms with Gasteiger partial charge in [0, 0.05) is 18.3 Å². The molecule has 144 valence electrons. The van der Waals surface area contributed by atoms with Crippen LogP contribution in [0.5, 0.6) is 5.75 Å². The number of amides is 3. The van der Waals surface area contributed by atoms with E-state index in [0.717, 1.165) is 0 Å². The molecular formula is C19H17N3O6. The molecule has 0 saturated heterocycles. The van der Waals surface area contributed by atoms with Crippen molar-refractivity contribution in [3.8, 4) is 5.75 Å². The number of carbonyl (C=O) groups excluding carboxylic acids is 4. The van der Waals surface area contributed by atoms with Crippen LogP contribution in [-0.2, 0) is 19.1 Å². The number of carbonyl (C=O) groups is 4. The molecule has 1 aliphatic rings. The summed E-state index contributed by atoms with van der Waals surface area (Å²) in [5.74, 6) is -1.36. The van der Waals surface area contributed by atoms with E-state index in [4.69, 9.17) is 9.47 Å². The van der Waals surface area contributed by atoms with Gasteiger partial charge in [-0.25, -0.2) is 4.79 Å². The third kappa shape index (κ3) is 4.85. The van der Waals surface area contributed by atoms with Crippen LogP contribution in [0.3, 0.4) is 0 Å². The van der Waals surface area contributed by atoms with Crippen LogP contribution in [0.1, 0.15) is 17.3 Å². The molecule has 3 amide bonds. The molecule has 3 rings (SSSR count). The van der Waals surface area contributed by atoms with Crippen molar-refractivity contribution >= 4 is 40.8 Å². The second-order valence-electron chi connectivity index (χ2n) is 5.93. The van der Waals surface area contributed by atoms with Crippen LogP contribution >= 0.6 is 0 Å². The summed E-state index contributed by atoms with van der Waals surface area (Å²) in [4.78, 5) is 46.6. The van der Waals surface area contributed by atoms with Crippen LogP contribution in [0, 0.1) is 0 Å². The fourth-order valence-electron chi connectivity index (χ4n) is 2.50. The second-order valence-corrected chi connectivity index (χ2v) is 5.93. The lowest BCUT2D eigenvalue weighted by Gasteiger charge is -2.18. The first-order chi connectivity index (χ1) is 13.4. The van der Waals surface area contributed by atoms with Gasteiger partial charge in [-0.2, -0.15) is 0 Å². The molecule has 0 aromatic heterocycles. The fraction of sp³-hybridized carbons (Fsp3) is 0.158. The van der Waals surface area contributed by atoms with Gasteiger partial charge in [-0.15, -0.1) is 0 Å². The predicted molar refractivity (Wildman–Crippen MR) is 100 cm³/mol. The third-order valence-corrected chi connectivity index (χ3v) is 3.65. The molecule has 9 nitrogen and oxygen atoms in total. The Kier molecular flexibility index (Phi) is 5.54. The van der Waals surface area contributed by atoms with Gasteiger partial charge in [0.15, 0.2) is 13.2 Å². The second kappa shape index (κ2) is 8.21. The monoisotopic (exact) mass is 383 g/mol. The van der Waals surface area contributed by atoms with E-state index in [-0.39, 0.29) is 24.0 Å². The first-order valence-electron chi connectivity index (χ1n) is 8.32. The summed E-state index contributed by atoms with van der Waals surface area (Å²) in [5, 5.41) is 7.77. The highest BCUT2D eigenvalue weighted by atomic mass is 16.5. The van der Waals surface area contributed by atoms with Gasteiger partial charge >= 0.3 is 5.97 Å². The van der Waals surface area contributed by atoms with Gasteiger partial charge in [-0.05, 0) is 36.4 Å². The molecule has 0 saturated carbocycles. The number of rotatable bonds is 5. The van der Waals surface area contributed by atoms with Gasteiger partial charge in [-0.3, -0.25) is 14.4 Å². The first kappa shape index (κ1) is 18.9. The van der Waals surface area contributed by atoms with Crippen LogP contribution in [0.15, 0.2) is 42.5 Å². The highest BCUT2D eigenvalue weighted by Gasteiger charge is 2.19. The van der Waals surface area contributed by atoms with E-state index >= 15 is 0 Å². The summed E-state index contributed by atoms with van der Waals surface area (Å²) < 4.78 is 10.2. The van der Waals surface area contributed by atoms with E-state index in [0.29, 0.717) is 22.8 Å². The van der Waals surface area contributed by atoms with E-state index in [9.17, 15) is 19.2 Å². The number of ether oxygens (including phenoxy) is 2. The van der Waals surface area contributed by atoms with Crippen LogP contribution < -0.4 is 20.7 Å². The highest BCUT2D eigenvalue weighted by molar-refractivity contribution is 5.99. The zero-order valence-corrected chi connectivity index (χ0v) is 14.9. The van der Waals surface area contributed by atoms with Crippen molar-refractivity contribution in [2.75, 3.05) is 29.2 Å². The van der Waals surface area contributed by atoms with Crippen molar-refractivity contribution in [3.63, 3.8) is 0 Å². The average Bonchev–Trinajstić information content (AvgIpc) is 2.65. The van der Waals surface area contributed by atoms with Crippen molar-refractivity contribution in [3.05, 3.63) is 48.0 Å². The van der Waals surface area contributed by atoms with E-state index in [1.54, 1.807) is 30.3 Å². The van der Waals surface area contributed by atoms with Crippen LogP contribution in [0.2, 0.25) is 0 Å². The van der Waals surface area contributed by atoms with E-state index in [1.165, 1.54) is 19.1 Å². The molecule has 0 bridgehead atoms. The molecule has 0 spiro atoms. The molecule has 2 aromatic rings. The minimum Gasteiger partial charge on any atom is -0.482 e. The Hall–Kier alpha value is -3.88. The fourth-order valence-corrected chi connectivity index (χ4v) is 2.50. The van der Waals surface area contributed by atoms with E-state index < -0.39 is 18.5 Å². The maximum Gasteiger partial charge on any atom is 0.338 e. The first-order valence-corrected chi connectivity index (χ1v) is 8.32. The molecule has 0 aliphatic carbocycles. The third-order valence-electron chi connectivity index (χ3n) is 3.65. The summed E-state index contributed by atoms with van der Waals surface area (Å²) in [5.41, 5.74) is 1.51. The van der Waals surface area contributed by atoms with Gasteiger partial charge in [0.25, 0.3) is 11.8 Å². The number of nitrogens with one attached hydrogen (secondary N) is 3. The summed E-state index contributed by atoms with van der Waals surface area (Å²) >= 11 is 0. The van der Waals surface area contributed by atoms with Crippen molar-refractivity contribution in [2.45, 2.75) is 6.92 Å². The molecule has 1 aliphatic heterocycles. The number of esters is 1. The number of hydrogen-bond donors (Lipinski definition) is 3. The zero-order valence-electron chi connectivity index (χ0n) is 14.9. The van der Waals surface area contributed by atoms with Gasteiger partial charge < -0.3 is 25.4 Å². The van der Waals surface area contributed by atoms with Gasteiger partial charge in [0.05, 0.1) is 11.3 Å². The van der Waals surface area contributed by atoms with Gasteiger partial charge in [0.2, 0.25) is 5.91 Å². The Labute approximate surface area is 160 Å². The predicted octanol–water partition coefficient (Wildman–Crippen LogP) is 1.77. The Morgan fingerprint density at radius 1 is 1.11 bits per heavy atom. The molecule has 9 heteroatoms. The number of anilines is 3. The smallest absolute Gasteiger partial charge is 0.338 e. The SMILES string of the molecule is CC(=O)Nc1cccc(NC(=O)COC(=O)c2ccc3c(c2)NC(=O)CO3)c1. The van der Waals surface area contributed by atoms with Crippen molar-refractivity contribution in [2.24, 2.45) is 0 Å². The Morgan fingerprint density at radius 3 is 2.61 bits per heavy atom. The molecule has 1 heterocycles. The standard InChI is InChI=1S/C19H17N3O6/c1-11(23)20-13-3-2-4-14(8-13)21-17(24)10-28-19(26)12-5-6-16-15(7-12)22-18(25)9-27-16/h2-8H,9-10H2,1H3,(H,20,23)(H,21,24)(H,22,25). The summed E-state index contributed by atoms with van der Waals surface area (Å²) in [7, 11) is 0. The minimum absolute atomic E-state index is 0.0832. The quantitative estimate of drug-likeness (QED) is 0.676. The van der Waals surface area contributed by atoms with Crippen molar-refractivity contribution < 1.29 is 28.7 Å². The lowest BCUT2D eigenvalue weighted by molar-refractivity contribution is -0.119. The average molecular weight is 383 g/mol. The van der Waals surface area contributed by atoms with Crippen LogP contribution in [0.25, 0.3) is 0 Å². The van der Waals surface area contributed by atoms with Crippen LogP contribution in [0.4, 0.5) is 17.1 Å². The van der Waals surface area contributed by atoms with Gasteiger partial charge in [-0.1, -0.05) is 6.07 Å². The number of hydrogen-bond acceptors (Lipinski definition) is 6. The summed E-state index contributed by atoms with van der Waals surface area (Å²) in [6.45, 7) is 0.798. The molecule has 3 N–H and O–H groups in total. The molecule has 28 heavy (non-hydrogen) atoms. The van der Waals surface area contributed by atoms with E-state index in [1.807, 2.05) is 0 Å². The molecule has 0 atom stereocenters. The lowest BCUT2D eigenvalue weighted by atomic mass is 10.1. The van der Waals surface area contributed by atoms with Crippen molar-refractivity contribution in [1.82, 2.24) is 0 Å². The lowest BCUT2D eigenvalue weighted by Crippen LogP contribution is -2.25. The Bertz CT molecular complexity index is 956. The van der Waals surface area contributed by atoms with Gasteiger partial charge in [0.1, 0.15) is 5.75 Å². The maximum absolute atomic E-state index is 12.1. The highest BCUT2D eigenvalue weighted by Crippen LogP contribution is 2.28.